The number of hydrogen-bond acceptors (Lipinski definition) is 5. The summed E-state index contributed by atoms with van der Waals surface area (Å²) in [6.07, 6.45) is 1.37. The summed E-state index contributed by atoms with van der Waals surface area (Å²) >= 11 is 0. The van der Waals surface area contributed by atoms with Crippen LogP contribution in [-0.4, -0.2) is 60.9 Å². The summed E-state index contributed by atoms with van der Waals surface area (Å²) in [5, 5.41) is 14.9. The summed E-state index contributed by atoms with van der Waals surface area (Å²) in [7, 11) is 0. The number of amides is 2. The molecule has 0 aromatic carbocycles. The first-order chi connectivity index (χ1) is 9.60. The minimum Gasteiger partial charge on any atom is -0.463 e. The molecule has 2 rings (SSSR count). The Morgan fingerprint density at radius 1 is 1.55 bits per heavy atom. The Morgan fingerprint density at radius 2 is 2.35 bits per heavy atom. The Kier molecular flexibility index (Phi) is 4.97. The first-order valence-corrected chi connectivity index (χ1v) is 6.94. The molecular formula is C13H21N3O4. The lowest BCUT2D eigenvalue weighted by Gasteiger charge is -2.32. The van der Waals surface area contributed by atoms with Gasteiger partial charge in [0.15, 0.2) is 0 Å². The lowest BCUT2D eigenvalue weighted by Crippen LogP contribution is -2.48. The first-order valence-electron chi connectivity index (χ1n) is 6.94. The second-order valence-corrected chi connectivity index (χ2v) is 5.02. The van der Waals surface area contributed by atoms with Crippen LogP contribution in [0.3, 0.4) is 0 Å². The molecule has 1 atom stereocenters. The molecule has 2 aliphatic rings. The number of aliphatic hydroxyl groups excluding tert-OH is 1. The Balaban J connectivity index is 2.09. The van der Waals surface area contributed by atoms with Crippen LogP contribution in [0.4, 0.5) is 4.79 Å². The SMILES string of the molecule is CCOC(=O)C1=C(CN2CCCC(O)C2)NC(=O)NC1. The number of carbonyl (C=O) groups is 2. The van der Waals surface area contributed by atoms with Gasteiger partial charge in [-0.1, -0.05) is 0 Å². The third-order valence-electron chi connectivity index (χ3n) is 3.44. The van der Waals surface area contributed by atoms with Crippen molar-refractivity contribution in [2.24, 2.45) is 0 Å². The van der Waals surface area contributed by atoms with E-state index in [0.717, 1.165) is 19.4 Å². The molecule has 2 heterocycles. The number of carbonyl (C=O) groups excluding carboxylic acids is 2. The fraction of sp³-hybridized carbons (Fsp3) is 0.692. The van der Waals surface area contributed by atoms with Gasteiger partial charge < -0.3 is 20.5 Å². The average molecular weight is 283 g/mol. The van der Waals surface area contributed by atoms with Gasteiger partial charge in [0.1, 0.15) is 0 Å². The van der Waals surface area contributed by atoms with Gasteiger partial charge in [0.05, 0.1) is 24.8 Å². The normalized spacial score (nSPS) is 24.1. The lowest BCUT2D eigenvalue weighted by molar-refractivity contribution is -0.138. The summed E-state index contributed by atoms with van der Waals surface area (Å²) in [5.74, 6) is -0.410. The van der Waals surface area contributed by atoms with Crippen LogP contribution in [0.15, 0.2) is 11.3 Å². The summed E-state index contributed by atoms with van der Waals surface area (Å²) in [5.41, 5.74) is 1.02. The Hall–Kier alpha value is -1.60. The number of ether oxygens (including phenoxy) is 1. The number of rotatable bonds is 4. The van der Waals surface area contributed by atoms with Crippen LogP contribution >= 0.6 is 0 Å². The van der Waals surface area contributed by atoms with E-state index in [9.17, 15) is 14.7 Å². The zero-order valence-corrected chi connectivity index (χ0v) is 11.6. The molecule has 0 aliphatic carbocycles. The Bertz CT molecular complexity index is 422. The van der Waals surface area contributed by atoms with Crippen molar-refractivity contribution >= 4 is 12.0 Å². The van der Waals surface area contributed by atoms with E-state index < -0.39 is 5.97 Å². The molecule has 0 saturated carbocycles. The van der Waals surface area contributed by atoms with E-state index in [1.807, 2.05) is 4.90 Å². The lowest BCUT2D eigenvalue weighted by atomic mass is 10.1. The third-order valence-corrected chi connectivity index (χ3v) is 3.44. The molecule has 2 aliphatic heterocycles. The summed E-state index contributed by atoms with van der Waals surface area (Å²) in [4.78, 5) is 25.3. The van der Waals surface area contributed by atoms with Crippen molar-refractivity contribution in [3.8, 4) is 0 Å². The molecule has 2 amide bonds. The second kappa shape index (κ2) is 6.71. The van der Waals surface area contributed by atoms with Crippen LogP contribution in [0.25, 0.3) is 0 Å². The van der Waals surface area contributed by atoms with Crippen molar-refractivity contribution in [1.82, 2.24) is 15.5 Å². The van der Waals surface area contributed by atoms with Crippen LogP contribution in [0.2, 0.25) is 0 Å². The van der Waals surface area contributed by atoms with Crippen LogP contribution in [0.5, 0.6) is 0 Å². The summed E-state index contributed by atoms with van der Waals surface area (Å²) < 4.78 is 5.00. The van der Waals surface area contributed by atoms with Gasteiger partial charge in [-0.3, -0.25) is 4.90 Å². The topological polar surface area (TPSA) is 90.9 Å². The maximum atomic E-state index is 11.9. The summed E-state index contributed by atoms with van der Waals surface area (Å²) in [6.45, 7) is 4.07. The van der Waals surface area contributed by atoms with Crippen molar-refractivity contribution < 1.29 is 19.4 Å². The Morgan fingerprint density at radius 3 is 3.05 bits per heavy atom. The average Bonchev–Trinajstić information content (AvgIpc) is 2.39. The van der Waals surface area contributed by atoms with E-state index in [4.69, 9.17) is 4.74 Å². The minimum atomic E-state index is -0.410. The standard InChI is InChI=1S/C13H21N3O4/c1-2-20-12(18)10-6-14-13(19)15-11(10)8-16-5-3-4-9(17)7-16/h9,17H,2-8H2,1H3,(H2,14,15,19). The second-order valence-electron chi connectivity index (χ2n) is 5.02. The van der Waals surface area contributed by atoms with Crippen LogP contribution < -0.4 is 10.6 Å². The predicted octanol–water partition coefficient (Wildman–Crippen LogP) is -0.427. The first kappa shape index (κ1) is 14.8. The third kappa shape index (κ3) is 3.71. The van der Waals surface area contributed by atoms with Gasteiger partial charge in [0.25, 0.3) is 0 Å². The summed E-state index contributed by atoms with van der Waals surface area (Å²) in [6, 6.07) is -0.314. The molecule has 0 spiro atoms. The van der Waals surface area contributed by atoms with Crippen LogP contribution in [0.1, 0.15) is 19.8 Å². The highest BCUT2D eigenvalue weighted by Crippen LogP contribution is 2.14. The molecule has 0 bridgehead atoms. The molecular weight excluding hydrogens is 262 g/mol. The number of nitrogens with zero attached hydrogens (tertiary/aromatic N) is 1. The van der Waals surface area contributed by atoms with Gasteiger partial charge >= 0.3 is 12.0 Å². The van der Waals surface area contributed by atoms with Gasteiger partial charge in [-0.15, -0.1) is 0 Å². The van der Waals surface area contributed by atoms with E-state index in [1.165, 1.54) is 0 Å². The predicted molar refractivity (Wildman–Crippen MR) is 71.9 cm³/mol. The quantitative estimate of drug-likeness (QED) is 0.609. The van der Waals surface area contributed by atoms with E-state index >= 15 is 0 Å². The van der Waals surface area contributed by atoms with Gasteiger partial charge in [-0.2, -0.15) is 0 Å². The monoisotopic (exact) mass is 283 g/mol. The number of likely N-dealkylation sites (tertiary alicyclic amines) is 1. The van der Waals surface area contributed by atoms with E-state index in [0.29, 0.717) is 31.0 Å². The molecule has 7 nitrogen and oxygen atoms in total. The fourth-order valence-electron chi connectivity index (χ4n) is 2.48. The van der Waals surface area contributed by atoms with E-state index in [-0.39, 0.29) is 18.7 Å². The maximum absolute atomic E-state index is 11.9. The highest BCUT2D eigenvalue weighted by molar-refractivity contribution is 5.93. The highest BCUT2D eigenvalue weighted by Gasteiger charge is 2.26. The Labute approximate surface area is 118 Å². The van der Waals surface area contributed by atoms with Crippen molar-refractivity contribution in [2.75, 3.05) is 32.8 Å². The highest BCUT2D eigenvalue weighted by atomic mass is 16.5. The number of piperidine rings is 1. The number of hydrogen-bond donors (Lipinski definition) is 3. The van der Waals surface area contributed by atoms with Crippen molar-refractivity contribution in [3.63, 3.8) is 0 Å². The number of nitrogens with one attached hydrogen (secondary N) is 2. The van der Waals surface area contributed by atoms with Crippen molar-refractivity contribution in [3.05, 3.63) is 11.3 Å². The molecule has 112 valence electrons. The van der Waals surface area contributed by atoms with Gasteiger partial charge in [0.2, 0.25) is 0 Å². The molecule has 1 fully saturated rings. The van der Waals surface area contributed by atoms with Crippen molar-refractivity contribution in [1.29, 1.82) is 0 Å². The van der Waals surface area contributed by atoms with Crippen molar-refractivity contribution in [2.45, 2.75) is 25.9 Å². The van der Waals surface area contributed by atoms with E-state index in [2.05, 4.69) is 10.6 Å². The molecule has 0 aromatic heterocycles. The number of aliphatic hydroxyl groups is 1. The molecule has 3 N–H and O–H groups in total. The smallest absolute Gasteiger partial charge is 0.337 e. The van der Waals surface area contributed by atoms with Gasteiger partial charge in [0, 0.05) is 18.8 Å². The van der Waals surface area contributed by atoms with Crippen LogP contribution in [0, 0.1) is 0 Å². The van der Waals surface area contributed by atoms with Gasteiger partial charge in [-0.05, 0) is 26.3 Å². The number of β-amino-alcohol motifs (C(OH)–C–C–N with tert-alkyl or cyclic N) is 1. The number of esters is 1. The largest absolute Gasteiger partial charge is 0.463 e. The fourth-order valence-corrected chi connectivity index (χ4v) is 2.48. The molecule has 1 saturated heterocycles. The number of urea groups is 1. The van der Waals surface area contributed by atoms with Crippen LogP contribution in [-0.2, 0) is 9.53 Å². The molecule has 0 radical (unpaired) electrons. The zero-order valence-electron chi connectivity index (χ0n) is 11.6. The van der Waals surface area contributed by atoms with Gasteiger partial charge in [-0.25, -0.2) is 9.59 Å². The zero-order chi connectivity index (χ0) is 14.5. The molecule has 1 unspecified atom stereocenters. The minimum absolute atomic E-state index is 0.177. The van der Waals surface area contributed by atoms with E-state index in [1.54, 1.807) is 6.92 Å². The molecule has 7 heteroatoms. The maximum Gasteiger partial charge on any atom is 0.337 e. The molecule has 0 aromatic rings. The molecule has 20 heavy (non-hydrogen) atoms.